The van der Waals surface area contributed by atoms with Crippen LogP contribution < -0.4 is 0 Å². The number of aliphatic hydroxyl groups is 1. The maximum atomic E-state index is 9.84. The molecule has 0 amide bonds. The molecule has 0 heterocycles. The molecule has 0 saturated heterocycles. The maximum Gasteiger partial charge on any atom is 0.0622 e. The van der Waals surface area contributed by atoms with Crippen LogP contribution in [0.5, 0.6) is 0 Å². The number of fused-ring (bicyclic) bond motifs is 2. The van der Waals surface area contributed by atoms with E-state index in [1.807, 2.05) is 13.8 Å². The average molecular weight is 154 g/mol. The molecule has 0 aromatic heterocycles. The van der Waals surface area contributed by atoms with Crippen molar-refractivity contribution in [2.45, 2.75) is 45.1 Å². The predicted molar refractivity (Wildman–Crippen MR) is 45.2 cm³/mol. The van der Waals surface area contributed by atoms with Gasteiger partial charge in [0.1, 0.15) is 0 Å². The summed E-state index contributed by atoms with van der Waals surface area (Å²) in [5.41, 5.74) is -0.417. The first-order valence-corrected chi connectivity index (χ1v) is 4.80. The van der Waals surface area contributed by atoms with Crippen LogP contribution in [0.15, 0.2) is 0 Å². The molecule has 1 heteroatoms. The first kappa shape index (κ1) is 7.60. The molecule has 0 radical (unpaired) electrons. The summed E-state index contributed by atoms with van der Waals surface area (Å²) in [6.45, 7) is 3.94. The third-order valence-electron chi connectivity index (χ3n) is 3.65. The summed E-state index contributed by atoms with van der Waals surface area (Å²) in [5.74, 6) is 2.40. The van der Waals surface area contributed by atoms with Gasteiger partial charge in [-0.3, -0.25) is 0 Å². The van der Waals surface area contributed by atoms with Gasteiger partial charge in [0.25, 0.3) is 0 Å². The van der Waals surface area contributed by atoms with Crippen LogP contribution in [-0.2, 0) is 0 Å². The molecule has 64 valence electrons. The van der Waals surface area contributed by atoms with Gasteiger partial charge in [-0.15, -0.1) is 0 Å². The van der Waals surface area contributed by atoms with Gasteiger partial charge in [-0.2, -0.15) is 0 Å². The monoisotopic (exact) mass is 154 g/mol. The van der Waals surface area contributed by atoms with Gasteiger partial charge >= 0.3 is 0 Å². The quantitative estimate of drug-likeness (QED) is 0.614. The Morgan fingerprint density at radius 2 is 1.91 bits per heavy atom. The van der Waals surface area contributed by atoms with Crippen LogP contribution >= 0.6 is 0 Å². The van der Waals surface area contributed by atoms with Crippen LogP contribution in [0.25, 0.3) is 0 Å². The van der Waals surface area contributed by atoms with Crippen LogP contribution in [0.4, 0.5) is 0 Å². The summed E-state index contributed by atoms with van der Waals surface area (Å²) in [4.78, 5) is 0. The van der Waals surface area contributed by atoms with Gasteiger partial charge in [0.15, 0.2) is 0 Å². The van der Waals surface area contributed by atoms with Gasteiger partial charge in [0, 0.05) is 0 Å². The van der Waals surface area contributed by atoms with Crippen LogP contribution in [0.1, 0.15) is 39.5 Å². The Hall–Kier alpha value is -0.0400. The van der Waals surface area contributed by atoms with E-state index >= 15 is 0 Å². The van der Waals surface area contributed by atoms with Crippen LogP contribution in [0.3, 0.4) is 0 Å². The lowest BCUT2D eigenvalue weighted by molar-refractivity contribution is -0.00759. The fourth-order valence-electron chi connectivity index (χ4n) is 3.11. The molecule has 2 aliphatic carbocycles. The highest BCUT2D eigenvalue weighted by atomic mass is 16.3. The number of rotatable bonds is 1. The minimum absolute atomic E-state index is 0.417. The molecule has 0 aromatic carbocycles. The Kier molecular flexibility index (Phi) is 1.54. The smallest absolute Gasteiger partial charge is 0.0622 e. The molecule has 11 heavy (non-hydrogen) atoms. The van der Waals surface area contributed by atoms with E-state index in [4.69, 9.17) is 0 Å². The summed E-state index contributed by atoms with van der Waals surface area (Å²) in [6, 6.07) is 0. The van der Waals surface area contributed by atoms with E-state index in [9.17, 15) is 5.11 Å². The molecular weight excluding hydrogens is 136 g/mol. The van der Waals surface area contributed by atoms with Crippen molar-refractivity contribution in [3.8, 4) is 0 Å². The molecule has 2 saturated carbocycles. The van der Waals surface area contributed by atoms with Gasteiger partial charge in [0.05, 0.1) is 5.60 Å². The first-order chi connectivity index (χ1) is 5.07. The van der Waals surface area contributed by atoms with E-state index < -0.39 is 5.60 Å². The molecule has 0 aromatic rings. The number of hydrogen-bond donors (Lipinski definition) is 1. The zero-order valence-corrected chi connectivity index (χ0v) is 7.51. The molecule has 0 spiro atoms. The van der Waals surface area contributed by atoms with Crippen molar-refractivity contribution in [2.75, 3.05) is 0 Å². The molecule has 1 N–H and O–H groups in total. The van der Waals surface area contributed by atoms with Crippen molar-refractivity contribution >= 4 is 0 Å². The second-order valence-corrected chi connectivity index (χ2v) is 4.94. The fourth-order valence-corrected chi connectivity index (χ4v) is 3.11. The minimum atomic E-state index is -0.417. The summed E-state index contributed by atoms with van der Waals surface area (Å²) in [7, 11) is 0. The van der Waals surface area contributed by atoms with Crippen LogP contribution in [0.2, 0.25) is 0 Å². The summed E-state index contributed by atoms with van der Waals surface area (Å²) >= 11 is 0. The second-order valence-electron chi connectivity index (χ2n) is 4.94. The van der Waals surface area contributed by atoms with Crippen LogP contribution in [-0.4, -0.2) is 10.7 Å². The SMILES string of the molecule is CC(C)(O)[C@@H]1C[C@@H]2CC[C@H]1C2. The predicted octanol–water partition coefficient (Wildman–Crippen LogP) is 2.19. The van der Waals surface area contributed by atoms with E-state index in [0.29, 0.717) is 5.92 Å². The standard InChI is InChI=1S/C10H18O/c1-10(2,11)9-6-7-3-4-8(9)5-7/h7-9,11H,3-6H2,1-2H3/t7-,8+,9-/m1/s1. The zero-order valence-electron chi connectivity index (χ0n) is 7.51. The first-order valence-electron chi connectivity index (χ1n) is 4.80. The van der Waals surface area contributed by atoms with Crippen LogP contribution in [0, 0.1) is 17.8 Å². The third-order valence-corrected chi connectivity index (χ3v) is 3.65. The topological polar surface area (TPSA) is 20.2 Å². The normalized spacial score (nSPS) is 43.4. The fraction of sp³-hybridized carbons (Fsp3) is 1.00. The molecule has 0 unspecified atom stereocenters. The van der Waals surface area contributed by atoms with Gasteiger partial charge in [-0.1, -0.05) is 6.42 Å². The lowest BCUT2D eigenvalue weighted by Crippen LogP contribution is -2.34. The molecule has 1 nitrogen and oxygen atoms in total. The molecule has 3 atom stereocenters. The molecule has 2 bridgehead atoms. The summed E-state index contributed by atoms with van der Waals surface area (Å²) < 4.78 is 0. The molecule has 0 aliphatic heterocycles. The Morgan fingerprint density at radius 3 is 2.18 bits per heavy atom. The van der Waals surface area contributed by atoms with Crippen molar-refractivity contribution in [1.82, 2.24) is 0 Å². The highest BCUT2D eigenvalue weighted by Gasteiger charge is 2.45. The highest BCUT2D eigenvalue weighted by molar-refractivity contribution is 4.96. The molecule has 2 fully saturated rings. The van der Waals surface area contributed by atoms with E-state index in [0.717, 1.165) is 11.8 Å². The van der Waals surface area contributed by atoms with Gasteiger partial charge in [-0.05, 0) is 50.9 Å². The van der Waals surface area contributed by atoms with Gasteiger partial charge in [0.2, 0.25) is 0 Å². The Labute approximate surface area is 68.8 Å². The Bertz CT molecular complexity index is 157. The van der Waals surface area contributed by atoms with E-state index in [-0.39, 0.29) is 0 Å². The minimum Gasteiger partial charge on any atom is -0.390 e. The summed E-state index contributed by atoms with van der Waals surface area (Å²) in [6.07, 6.45) is 5.49. The van der Waals surface area contributed by atoms with Gasteiger partial charge < -0.3 is 5.11 Å². The van der Waals surface area contributed by atoms with Crippen molar-refractivity contribution in [3.63, 3.8) is 0 Å². The lowest BCUT2D eigenvalue weighted by Gasteiger charge is -2.32. The van der Waals surface area contributed by atoms with E-state index in [1.54, 1.807) is 0 Å². The van der Waals surface area contributed by atoms with Crippen molar-refractivity contribution in [1.29, 1.82) is 0 Å². The van der Waals surface area contributed by atoms with Crippen molar-refractivity contribution < 1.29 is 5.11 Å². The number of hydrogen-bond acceptors (Lipinski definition) is 1. The van der Waals surface area contributed by atoms with E-state index in [1.165, 1.54) is 25.7 Å². The Balaban J connectivity index is 2.08. The molecule has 2 aliphatic rings. The van der Waals surface area contributed by atoms with Crippen molar-refractivity contribution in [3.05, 3.63) is 0 Å². The highest BCUT2D eigenvalue weighted by Crippen LogP contribution is 2.51. The lowest BCUT2D eigenvalue weighted by atomic mass is 9.78. The maximum absolute atomic E-state index is 9.84. The Morgan fingerprint density at radius 1 is 1.18 bits per heavy atom. The third kappa shape index (κ3) is 1.20. The largest absolute Gasteiger partial charge is 0.390 e. The molecule has 2 rings (SSSR count). The average Bonchev–Trinajstić information content (AvgIpc) is 2.42. The molecular formula is C10H18O. The second kappa shape index (κ2) is 2.22. The zero-order chi connectivity index (χ0) is 8.06. The van der Waals surface area contributed by atoms with Crippen molar-refractivity contribution in [2.24, 2.45) is 17.8 Å². The van der Waals surface area contributed by atoms with Gasteiger partial charge in [-0.25, -0.2) is 0 Å². The summed E-state index contributed by atoms with van der Waals surface area (Å²) in [5, 5.41) is 9.84. The van der Waals surface area contributed by atoms with E-state index in [2.05, 4.69) is 0 Å².